The maximum Gasteiger partial charge on any atom is 0.311 e. The third-order valence-corrected chi connectivity index (χ3v) is 3.53. The fourth-order valence-corrected chi connectivity index (χ4v) is 2.29. The first-order chi connectivity index (χ1) is 10.4. The predicted molar refractivity (Wildman–Crippen MR) is 86.9 cm³/mol. The molecule has 4 heteroatoms. The predicted octanol–water partition coefficient (Wildman–Crippen LogP) is 3.40. The van der Waals surface area contributed by atoms with Gasteiger partial charge in [-0.15, -0.1) is 0 Å². The van der Waals surface area contributed by atoms with Crippen LogP contribution in [0.25, 0.3) is 0 Å². The molecule has 0 spiro atoms. The summed E-state index contributed by atoms with van der Waals surface area (Å²) < 4.78 is 4.93. The number of rotatable bonds is 5. The highest BCUT2D eigenvalue weighted by Gasteiger charge is 2.13. The third-order valence-electron chi connectivity index (χ3n) is 3.53. The minimum atomic E-state index is -0.241. The zero-order chi connectivity index (χ0) is 16.2. The fraction of sp³-hybridized carbons (Fsp3) is 0.444. The van der Waals surface area contributed by atoms with Crippen LogP contribution < -0.4 is 0 Å². The van der Waals surface area contributed by atoms with Gasteiger partial charge in [0.15, 0.2) is 0 Å². The van der Waals surface area contributed by atoms with E-state index < -0.39 is 0 Å². The first-order valence-electron chi connectivity index (χ1n) is 7.66. The van der Waals surface area contributed by atoms with Crippen LogP contribution in [0, 0.1) is 0 Å². The second kappa shape index (κ2) is 6.77. The number of carbonyl (C=O) groups excluding carboxylic acids is 1. The van der Waals surface area contributed by atoms with Crippen molar-refractivity contribution in [1.29, 1.82) is 0 Å². The Morgan fingerprint density at radius 1 is 1.23 bits per heavy atom. The van der Waals surface area contributed by atoms with Crippen molar-refractivity contribution >= 4 is 5.97 Å². The number of carbonyl (C=O) groups is 1. The van der Waals surface area contributed by atoms with Crippen LogP contribution in [0.4, 0.5) is 0 Å². The third kappa shape index (κ3) is 4.45. The standard InChI is InChI=1S/C18H24N2O2/c1-5-22-17(21)12-16-11-15(19-20-16)10-13-6-8-14(9-7-13)18(2,3)4/h6-9,11H,5,10,12H2,1-4H3,(H,19,20). The lowest BCUT2D eigenvalue weighted by Gasteiger charge is -2.19. The highest BCUT2D eigenvalue weighted by Crippen LogP contribution is 2.22. The van der Waals surface area contributed by atoms with Crippen molar-refractivity contribution < 1.29 is 9.53 Å². The molecule has 1 heterocycles. The first kappa shape index (κ1) is 16.3. The maximum atomic E-state index is 11.4. The van der Waals surface area contributed by atoms with E-state index in [1.165, 1.54) is 11.1 Å². The summed E-state index contributed by atoms with van der Waals surface area (Å²) in [4.78, 5) is 11.4. The van der Waals surface area contributed by atoms with Gasteiger partial charge < -0.3 is 4.74 Å². The smallest absolute Gasteiger partial charge is 0.311 e. The topological polar surface area (TPSA) is 55.0 Å². The molecular formula is C18H24N2O2. The Kier molecular flexibility index (Phi) is 5.01. The number of H-pyrrole nitrogens is 1. The molecule has 2 aromatic rings. The summed E-state index contributed by atoms with van der Waals surface area (Å²) in [6.07, 6.45) is 0.994. The molecule has 0 aliphatic heterocycles. The molecule has 0 aliphatic rings. The minimum absolute atomic E-state index is 0.166. The molecule has 118 valence electrons. The van der Waals surface area contributed by atoms with Crippen LogP contribution in [0.1, 0.15) is 50.2 Å². The lowest BCUT2D eigenvalue weighted by molar-refractivity contribution is -0.142. The van der Waals surface area contributed by atoms with Gasteiger partial charge in [-0.05, 0) is 29.5 Å². The van der Waals surface area contributed by atoms with Crippen molar-refractivity contribution in [2.45, 2.75) is 46.0 Å². The number of hydrogen-bond acceptors (Lipinski definition) is 3. The summed E-state index contributed by atoms with van der Waals surface area (Å²) >= 11 is 0. The molecule has 0 saturated heterocycles. The van der Waals surface area contributed by atoms with E-state index in [2.05, 4.69) is 55.2 Å². The highest BCUT2D eigenvalue weighted by atomic mass is 16.5. The second-order valence-corrected chi connectivity index (χ2v) is 6.49. The van der Waals surface area contributed by atoms with Gasteiger partial charge in [-0.25, -0.2) is 0 Å². The van der Waals surface area contributed by atoms with Gasteiger partial charge >= 0.3 is 5.97 Å². The van der Waals surface area contributed by atoms with Crippen molar-refractivity contribution in [1.82, 2.24) is 10.2 Å². The van der Waals surface area contributed by atoms with Crippen molar-refractivity contribution in [3.63, 3.8) is 0 Å². The number of benzene rings is 1. The fourth-order valence-electron chi connectivity index (χ4n) is 2.29. The maximum absolute atomic E-state index is 11.4. The number of aromatic amines is 1. The van der Waals surface area contributed by atoms with Gasteiger partial charge in [0.05, 0.1) is 18.7 Å². The van der Waals surface area contributed by atoms with E-state index in [9.17, 15) is 4.79 Å². The van der Waals surface area contributed by atoms with Gasteiger partial charge in [-0.1, -0.05) is 45.0 Å². The van der Waals surface area contributed by atoms with E-state index >= 15 is 0 Å². The van der Waals surface area contributed by atoms with E-state index in [1.807, 2.05) is 6.07 Å². The first-order valence-corrected chi connectivity index (χ1v) is 7.66. The molecule has 0 radical (unpaired) electrons. The Balaban J connectivity index is 1.99. The van der Waals surface area contributed by atoms with Gasteiger partial charge in [-0.2, -0.15) is 5.10 Å². The van der Waals surface area contributed by atoms with Crippen molar-refractivity contribution in [2.24, 2.45) is 0 Å². The van der Waals surface area contributed by atoms with Crippen LogP contribution in [0.15, 0.2) is 30.3 Å². The molecule has 1 aromatic heterocycles. The Morgan fingerprint density at radius 3 is 2.50 bits per heavy atom. The Hall–Kier alpha value is -2.10. The van der Waals surface area contributed by atoms with Crippen LogP contribution in [-0.2, 0) is 27.8 Å². The van der Waals surface area contributed by atoms with E-state index in [0.717, 1.165) is 17.8 Å². The molecule has 1 N–H and O–H groups in total. The summed E-state index contributed by atoms with van der Waals surface area (Å²) in [7, 11) is 0. The van der Waals surface area contributed by atoms with E-state index in [-0.39, 0.29) is 17.8 Å². The molecule has 0 bridgehead atoms. The van der Waals surface area contributed by atoms with Crippen LogP contribution in [0.2, 0.25) is 0 Å². The van der Waals surface area contributed by atoms with E-state index in [4.69, 9.17) is 4.74 Å². The van der Waals surface area contributed by atoms with Gasteiger partial charge in [-0.3, -0.25) is 9.89 Å². The largest absolute Gasteiger partial charge is 0.466 e. The monoisotopic (exact) mass is 300 g/mol. The quantitative estimate of drug-likeness (QED) is 0.861. The minimum Gasteiger partial charge on any atom is -0.466 e. The molecule has 2 rings (SSSR count). The Labute approximate surface area is 131 Å². The number of nitrogens with zero attached hydrogens (tertiary/aromatic N) is 1. The van der Waals surface area contributed by atoms with Crippen LogP contribution in [0.5, 0.6) is 0 Å². The molecule has 4 nitrogen and oxygen atoms in total. The van der Waals surface area contributed by atoms with E-state index in [0.29, 0.717) is 6.61 Å². The Bertz CT molecular complexity index is 621. The SMILES string of the molecule is CCOC(=O)Cc1cc(Cc2ccc(C(C)(C)C)cc2)[nH]n1. The highest BCUT2D eigenvalue weighted by molar-refractivity contribution is 5.71. The summed E-state index contributed by atoms with van der Waals surface area (Å²) in [5, 5.41) is 7.15. The average molecular weight is 300 g/mol. The number of hydrogen-bond donors (Lipinski definition) is 1. The average Bonchev–Trinajstić information content (AvgIpc) is 2.85. The molecule has 0 unspecified atom stereocenters. The van der Waals surface area contributed by atoms with E-state index in [1.54, 1.807) is 6.92 Å². The lowest BCUT2D eigenvalue weighted by atomic mass is 9.86. The zero-order valence-corrected chi connectivity index (χ0v) is 13.8. The molecule has 0 atom stereocenters. The number of aromatic nitrogens is 2. The molecule has 0 amide bonds. The van der Waals surface area contributed by atoms with Crippen molar-refractivity contribution in [2.75, 3.05) is 6.61 Å². The zero-order valence-electron chi connectivity index (χ0n) is 13.8. The van der Waals surface area contributed by atoms with Gasteiger partial charge in [0.1, 0.15) is 0 Å². The van der Waals surface area contributed by atoms with Gasteiger partial charge in [0.2, 0.25) is 0 Å². The van der Waals surface area contributed by atoms with Gasteiger partial charge in [0.25, 0.3) is 0 Å². The summed E-state index contributed by atoms with van der Waals surface area (Å²) in [6, 6.07) is 10.6. The lowest BCUT2D eigenvalue weighted by Crippen LogP contribution is -2.10. The van der Waals surface area contributed by atoms with Crippen LogP contribution >= 0.6 is 0 Å². The summed E-state index contributed by atoms with van der Waals surface area (Å²) in [5.41, 5.74) is 4.44. The number of esters is 1. The number of ether oxygens (including phenoxy) is 1. The molecule has 22 heavy (non-hydrogen) atoms. The second-order valence-electron chi connectivity index (χ2n) is 6.49. The molecule has 0 saturated carbocycles. The van der Waals surface area contributed by atoms with Crippen molar-refractivity contribution in [3.05, 3.63) is 52.8 Å². The Morgan fingerprint density at radius 2 is 1.91 bits per heavy atom. The molecule has 1 aromatic carbocycles. The van der Waals surface area contributed by atoms with Gasteiger partial charge in [0, 0.05) is 12.1 Å². The number of nitrogens with one attached hydrogen (secondary N) is 1. The molecule has 0 aliphatic carbocycles. The van der Waals surface area contributed by atoms with Crippen LogP contribution in [0.3, 0.4) is 0 Å². The molecule has 0 fully saturated rings. The van der Waals surface area contributed by atoms with Crippen LogP contribution in [-0.4, -0.2) is 22.8 Å². The van der Waals surface area contributed by atoms with Crippen molar-refractivity contribution in [3.8, 4) is 0 Å². The molecular weight excluding hydrogens is 276 g/mol. The summed E-state index contributed by atoms with van der Waals surface area (Å²) in [6.45, 7) is 8.82. The normalized spacial score (nSPS) is 11.5. The summed E-state index contributed by atoms with van der Waals surface area (Å²) in [5.74, 6) is -0.241.